The van der Waals surface area contributed by atoms with Gasteiger partial charge in [-0.1, -0.05) is 0 Å². The lowest BCUT2D eigenvalue weighted by atomic mass is 10.1. The van der Waals surface area contributed by atoms with E-state index in [2.05, 4.69) is 26.2 Å². The predicted molar refractivity (Wildman–Crippen MR) is 90.6 cm³/mol. The highest BCUT2D eigenvalue weighted by Crippen LogP contribution is 2.32. The highest BCUT2D eigenvalue weighted by atomic mass is 35.5. The summed E-state index contributed by atoms with van der Waals surface area (Å²) < 4.78 is 0. The zero-order valence-electron chi connectivity index (χ0n) is 13.2. The maximum Gasteiger partial charge on any atom is 0.224 e. The molecule has 0 saturated carbocycles. The number of nitrogens with zero attached hydrogens (tertiary/aromatic N) is 4. The Balaban J connectivity index is 0.00000192. The molecule has 6 nitrogen and oxygen atoms in total. The van der Waals surface area contributed by atoms with Gasteiger partial charge in [-0.15, -0.1) is 12.4 Å². The van der Waals surface area contributed by atoms with E-state index in [1.807, 2.05) is 13.1 Å². The molecule has 1 aromatic heterocycles. The van der Waals surface area contributed by atoms with Crippen LogP contribution in [-0.4, -0.2) is 54.6 Å². The van der Waals surface area contributed by atoms with Crippen LogP contribution in [0, 0.1) is 11.3 Å². The summed E-state index contributed by atoms with van der Waals surface area (Å²) in [6.45, 7) is 2.40. The molecule has 124 valence electrons. The third-order valence-electron chi connectivity index (χ3n) is 4.56. The van der Waals surface area contributed by atoms with E-state index in [0.717, 1.165) is 38.3 Å². The normalized spacial score (nSPS) is 22.4. The molecule has 2 aliphatic heterocycles. The number of fused-ring (bicyclic) bond motifs is 2. The van der Waals surface area contributed by atoms with Gasteiger partial charge in [-0.25, -0.2) is 4.98 Å². The Morgan fingerprint density at radius 3 is 2.61 bits per heavy atom. The second-order valence-corrected chi connectivity index (χ2v) is 5.96. The number of amides is 1. The Morgan fingerprint density at radius 2 is 2.09 bits per heavy atom. The zero-order chi connectivity index (χ0) is 15.5. The van der Waals surface area contributed by atoms with Crippen LogP contribution in [0.25, 0.3) is 0 Å². The zero-order valence-corrected chi connectivity index (χ0v) is 14.1. The number of carbonyl (C=O) groups is 1. The van der Waals surface area contributed by atoms with Crippen molar-refractivity contribution in [2.45, 2.75) is 31.3 Å². The molecular formula is C16H22ClN5O. The molecule has 2 fully saturated rings. The van der Waals surface area contributed by atoms with Crippen molar-refractivity contribution < 1.29 is 4.79 Å². The van der Waals surface area contributed by atoms with Gasteiger partial charge in [0.1, 0.15) is 11.9 Å². The van der Waals surface area contributed by atoms with Crippen LogP contribution < -0.4 is 10.2 Å². The van der Waals surface area contributed by atoms with Crippen LogP contribution in [0.1, 0.15) is 24.8 Å². The number of hydrogen-bond acceptors (Lipinski definition) is 5. The third-order valence-corrected chi connectivity index (χ3v) is 4.56. The minimum Gasteiger partial charge on any atom is -0.352 e. The Bertz CT molecular complexity index is 571. The smallest absolute Gasteiger partial charge is 0.224 e. The first-order valence-corrected chi connectivity index (χ1v) is 7.80. The van der Waals surface area contributed by atoms with Gasteiger partial charge in [0, 0.05) is 44.3 Å². The van der Waals surface area contributed by atoms with Gasteiger partial charge < -0.3 is 15.1 Å². The van der Waals surface area contributed by atoms with Gasteiger partial charge in [-0.05, 0) is 32.0 Å². The summed E-state index contributed by atoms with van der Waals surface area (Å²) in [7, 11) is 1.87. The number of nitrogens with one attached hydrogen (secondary N) is 1. The Morgan fingerprint density at radius 1 is 1.39 bits per heavy atom. The lowest BCUT2D eigenvalue weighted by Crippen LogP contribution is -2.56. The topological polar surface area (TPSA) is 72.3 Å². The van der Waals surface area contributed by atoms with E-state index in [9.17, 15) is 4.79 Å². The molecule has 2 bridgehead atoms. The van der Waals surface area contributed by atoms with Gasteiger partial charge in [0.25, 0.3) is 0 Å². The number of halogens is 1. The van der Waals surface area contributed by atoms with Crippen LogP contribution in [0.5, 0.6) is 0 Å². The van der Waals surface area contributed by atoms with Gasteiger partial charge >= 0.3 is 0 Å². The van der Waals surface area contributed by atoms with E-state index in [0.29, 0.717) is 24.1 Å². The van der Waals surface area contributed by atoms with Crippen molar-refractivity contribution in [1.29, 1.82) is 5.26 Å². The summed E-state index contributed by atoms with van der Waals surface area (Å²) in [5.74, 6) is 1.16. The third kappa shape index (κ3) is 3.57. The molecule has 0 aliphatic carbocycles. The van der Waals surface area contributed by atoms with E-state index < -0.39 is 0 Å². The average Bonchev–Trinajstić information content (AvgIpc) is 2.82. The molecule has 3 heterocycles. The molecule has 0 aromatic carbocycles. The van der Waals surface area contributed by atoms with E-state index in [1.54, 1.807) is 12.3 Å². The molecule has 0 radical (unpaired) electrons. The molecule has 1 amide bonds. The van der Waals surface area contributed by atoms with Crippen LogP contribution >= 0.6 is 12.4 Å². The summed E-state index contributed by atoms with van der Waals surface area (Å²) in [6, 6.07) is 6.37. The van der Waals surface area contributed by atoms with Crippen molar-refractivity contribution in [3.8, 4) is 6.07 Å². The lowest BCUT2D eigenvalue weighted by Gasteiger charge is -2.41. The number of rotatable bonds is 4. The van der Waals surface area contributed by atoms with Crippen molar-refractivity contribution in [3.05, 3.63) is 23.9 Å². The lowest BCUT2D eigenvalue weighted by molar-refractivity contribution is -0.134. The van der Waals surface area contributed by atoms with Crippen molar-refractivity contribution in [3.63, 3.8) is 0 Å². The van der Waals surface area contributed by atoms with E-state index in [4.69, 9.17) is 5.26 Å². The summed E-state index contributed by atoms with van der Waals surface area (Å²) in [4.78, 5) is 21.1. The molecular weight excluding hydrogens is 314 g/mol. The van der Waals surface area contributed by atoms with Crippen molar-refractivity contribution in [2.24, 2.45) is 0 Å². The van der Waals surface area contributed by atoms with Gasteiger partial charge in [0.2, 0.25) is 5.91 Å². The van der Waals surface area contributed by atoms with Gasteiger partial charge in [0.15, 0.2) is 0 Å². The SMILES string of the molecule is CNCCC(=O)N1C2CCC1CN(c1ccc(C#N)cn1)C2.Cl. The number of anilines is 1. The molecule has 2 atom stereocenters. The second-order valence-electron chi connectivity index (χ2n) is 5.96. The van der Waals surface area contributed by atoms with Crippen LogP contribution in [0.4, 0.5) is 5.82 Å². The Labute approximate surface area is 142 Å². The Hall–Kier alpha value is -1.84. The molecule has 1 aromatic rings. The number of piperazine rings is 1. The molecule has 2 aliphatic rings. The summed E-state index contributed by atoms with van der Waals surface area (Å²) in [5, 5.41) is 11.9. The molecule has 0 spiro atoms. The standard InChI is InChI=1S/C16H21N5O.ClH/c1-18-7-6-16(22)21-13-3-4-14(21)11-20(10-13)15-5-2-12(8-17)9-19-15;/h2,5,9,13-14,18H,3-4,6-7,10-11H2,1H3;1H. The van der Waals surface area contributed by atoms with Crippen molar-refractivity contribution in [1.82, 2.24) is 15.2 Å². The molecule has 1 N–H and O–H groups in total. The number of carbonyl (C=O) groups excluding carboxylic acids is 1. The quantitative estimate of drug-likeness (QED) is 0.894. The Kier molecular flexibility index (Phi) is 5.80. The fraction of sp³-hybridized carbons (Fsp3) is 0.562. The molecule has 2 saturated heterocycles. The van der Waals surface area contributed by atoms with Gasteiger partial charge in [-0.3, -0.25) is 4.79 Å². The highest BCUT2D eigenvalue weighted by molar-refractivity contribution is 5.85. The average molecular weight is 336 g/mol. The van der Waals surface area contributed by atoms with Crippen LogP contribution in [0.15, 0.2) is 18.3 Å². The minimum absolute atomic E-state index is 0. The van der Waals surface area contributed by atoms with E-state index in [-0.39, 0.29) is 18.3 Å². The molecule has 7 heteroatoms. The van der Waals surface area contributed by atoms with Crippen LogP contribution in [-0.2, 0) is 4.79 Å². The predicted octanol–water partition coefficient (Wildman–Crippen LogP) is 1.16. The number of nitriles is 1. The number of pyridine rings is 1. The minimum atomic E-state index is 0. The van der Waals surface area contributed by atoms with Crippen molar-refractivity contribution in [2.75, 3.05) is 31.6 Å². The van der Waals surface area contributed by atoms with Gasteiger partial charge in [-0.2, -0.15) is 5.26 Å². The first-order chi connectivity index (χ1) is 10.7. The largest absolute Gasteiger partial charge is 0.352 e. The summed E-state index contributed by atoms with van der Waals surface area (Å²) in [5.41, 5.74) is 0.576. The van der Waals surface area contributed by atoms with Crippen LogP contribution in [0.3, 0.4) is 0 Å². The maximum atomic E-state index is 12.4. The fourth-order valence-electron chi connectivity index (χ4n) is 3.50. The van der Waals surface area contributed by atoms with Crippen molar-refractivity contribution >= 4 is 24.1 Å². The summed E-state index contributed by atoms with van der Waals surface area (Å²) >= 11 is 0. The van der Waals surface area contributed by atoms with E-state index >= 15 is 0 Å². The molecule has 3 rings (SSSR count). The monoisotopic (exact) mass is 335 g/mol. The molecule has 2 unspecified atom stereocenters. The number of hydrogen-bond donors (Lipinski definition) is 1. The fourth-order valence-corrected chi connectivity index (χ4v) is 3.50. The van der Waals surface area contributed by atoms with E-state index in [1.165, 1.54) is 0 Å². The second kappa shape index (κ2) is 7.62. The summed E-state index contributed by atoms with van der Waals surface area (Å²) in [6.07, 6.45) is 4.33. The molecule has 23 heavy (non-hydrogen) atoms. The number of aromatic nitrogens is 1. The maximum absolute atomic E-state index is 12.4. The highest BCUT2D eigenvalue weighted by Gasteiger charge is 2.42. The van der Waals surface area contributed by atoms with Gasteiger partial charge in [0.05, 0.1) is 5.56 Å². The first-order valence-electron chi connectivity index (χ1n) is 7.80. The van der Waals surface area contributed by atoms with Crippen LogP contribution in [0.2, 0.25) is 0 Å². The first kappa shape index (κ1) is 17.5.